The van der Waals surface area contributed by atoms with Crippen molar-refractivity contribution in [2.75, 3.05) is 50.7 Å². The van der Waals surface area contributed by atoms with Gasteiger partial charge in [-0.3, -0.25) is 14.6 Å². The molecular weight excluding hydrogens is 408 g/mol. The van der Waals surface area contributed by atoms with Crippen LogP contribution >= 0.6 is 11.6 Å². The maximum absolute atomic E-state index is 12.7. The smallest absolute Gasteiger partial charge is 0.237 e. The van der Waals surface area contributed by atoms with Gasteiger partial charge in [0.25, 0.3) is 0 Å². The van der Waals surface area contributed by atoms with Crippen molar-refractivity contribution in [1.29, 1.82) is 0 Å². The summed E-state index contributed by atoms with van der Waals surface area (Å²) in [6, 6.07) is 18.6. The Balaban J connectivity index is 1.14. The van der Waals surface area contributed by atoms with Gasteiger partial charge in [-0.1, -0.05) is 48.0 Å². The summed E-state index contributed by atoms with van der Waals surface area (Å²) < 4.78 is 0. The van der Waals surface area contributed by atoms with Gasteiger partial charge in [-0.2, -0.15) is 0 Å². The molecule has 0 spiro atoms. The van der Waals surface area contributed by atoms with Gasteiger partial charge >= 0.3 is 0 Å². The van der Waals surface area contributed by atoms with E-state index in [1.54, 1.807) is 0 Å². The lowest BCUT2D eigenvalue weighted by Gasteiger charge is -2.36. The molecule has 2 aromatic carbocycles. The lowest BCUT2D eigenvalue weighted by Crippen LogP contribution is -2.47. The second-order valence-corrected chi connectivity index (χ2v) is 9.00. The first-order valence-corrected chi connectivity index (χ1v) is 11.9. The monoisotopic (exact) mass is 440 g/mol. The molecule has 4 rings (SSSR count). The van der Waals surface area contributed by atoms with Crippen molar-refractivity contribution in [3.63, 3.8) is 0 Å². The molecule has 2 fully saturated rings. The molecule has 31 heavy (non-hydrogen) atoms. The van der Waals surface area contributed by atoms with Gasteiger partial charge < -0.3 is 10.2 Å². The highest BCUT2D eigenvalue weighted by Gasteiger charge is 2.30. The van der Waals surface area contributed by atoms with Crippen LogP contribution in [0.3, 0.4) is 0 Å². The molecule has 0 saturated carbocycles. The van der Waals surface area contributed by atoms with E-state index in [4.69, 9.17) is 11.6 Å². The summed E-state index contributed by atoms with van der Waals surface area (Å²) in [5.41, 5.74) is 2.48. The molecule has 166 valence electrons. The molecule has 2 aromatic rings. The molecular formula is C25H33ClN4O. The number of hydrogen-bond donors (Lipinski definition) is 1. The number of carbonyl (C=O) groups excluding carboxylic acids is 1. The van der Waals surface area contributed by atoms with Gasteiger partial charge in [-0.15, -0.1) is 0 Å². The fourth-order valence-corrected chi connectivity index (χ4v) is 4.85. The SMILES string of the molecule is O=C(NCCCN1CCN(c2cccc(Cl)c2)CC1)C1CCCN1Cc1ccccc1. The zero-order valence-electron chi connectivity index (χ0n) is 18.2. The molecule has 2 aliphatic rings. The molecule has 0 radical (unpaired) electrons. The van der Waals surface area contributed by atoms with Gasteiger partial charge in [-0.25, -0.2) is 0 Å². The number of hydrogen-bond acceptors (Lipinski definition) is 4. The molecule has 1 unspecified atom stereocenters. The molecule has 6 heteroatoms. The predicted octanol–water partition coefficient (Wildman–Crippen LogP) is 3.63. The number of carbonyl (C=O) groups is 1. The van der Waals surface area contributed by atoms with Crippen LogP contribution in [-0.4, -0.2) is 67.6 Å². The second kappa shape index (κ2) is 11.0. The third-order valence-electron chi connectivity index (χ3n) is 6.39. The third-order valence-corrected chi connectivity index (χ3v) is 6.63. The molecule has 2 saturated heterocycles. The number of piperazine rings is 1. The van der Waals surface area contributed by atoms with Gasteiger partial charge in [0.15, 0.2) is 0 Å². The fourth-order valence-electron chi connectivity index (χ4n) is 4.66. The quantitative estimate of drug-likeness (QED) is 0.636. The first-order valence-electron chi connectivity index (χ1n) is 11.5. The van der Waals surface area contributed by atoms with E-state index in [2.05, 4.69) is 50.3 Å². The van der Waals surface area contributed by atoms with E-state index in [1.807, 2.05) is 24.3 Å². The Kier molecular flexibility index (Phi) is 7.84. The van der Waals surface area contributed by atoms with Gasteiger partial charge in [0.1, 0.15) is 0 Å². The zero-order chi connectivity index (χ0) is 21.5. The van der Waals surface area contributed by atoms with Gasteiger partial charge in [0.2, 0.25) is 5.91 Å². The number of nitrogens with zero attached hydrogens (tertiary/aromatic N) is 3. The number of amides is 1. The molecule has 2 aliphatic heterocycles. The minimum atomic E-state index is 0.0152. The van der Waals surface area contributed by atoms with Crippen LogP contribution in [0.5, 0.6) is 0 Å². The Morgan fingerprint density at radius 2 is 1.81 bits per heavy atom. The van der Waals surface area contributed by atoms with E-state index in [-0.39, 0.29) is 11.9 Å². The standard InChI is InChI=1S/C25H33ClN4O/c26-22-9-4-10-23(19-22)29-17-15-28(16-18-29)13-6-12-27-25(31)24-11-5-14-30(24)20-21-7-2-1-3-8-21/h1-4,7-10,19,24H,5-6,11-18,20H2,(H,27,31). The number of likely N-dealkylation sites (tertiary alicyclic amines) is 1. The van der Waals surface area contributed by atoms with Crippen molar-refractivity contribution in [2.24, 2.45) is 0 Å². The van der Waals surface area contributed by atoms with Crippen LogP contribution in [0.1, 0.15) is 24.8 Å². The largest absolute Gasteiger partial charge is 0.369 e. The van der Waals surface area contributed by atoms with Gasteiger partial charge in [0, 0.05) is 50.0 Å². The highest BCUT2D eigenvalue weighted by Crippen LogP contribution is 2.21. The van der Waals surface area contributed by atoms with Crippen molar-refractivity contribution in [3.8, 4) is 0 Å². The second-order valence-electron chi connectivity index (χ2n) is 8.57. The van der Waals surface area contributed by atoms with Crippen LogP contribution in [0.25, 0.3) is 0 Å². The summed E-state index contributed by atoms with van der Waals surface area (Å²) in [6.45, 7) is 7.78. The molecule has 5 nitrogen and oxygen atoms in total. The Morgan fingerprint density at radius 1 is 1.00 bits per heavy atom. The molecule has 0 aromatic heterocycles. The molecule has 2 heterocycles. The van der Waals surface area contributed by atoms with Crippen LogP contribution in [0.15, 0.2) is 54.6 Å². The molecule has 1 amide bonds. The average molecular weight is 441 g/mol. The number of nitrogens with one attached hydrogen (secondary N) is 1. The van der Waals surface area contributed by atoms with Crippen LogP contribution in [0.2, 0.25) is 5.02 Å². The highest BCUT2D eigenvalue weighted by molar-refractivity contribution is 6.30. The van der Waals surface area contributed by atoms with Crippen molar-refractivity contribution in [1.82, 2.24) is 15.1 Å². The van der Waals surface area contributed by atoms with E-state index in [0.29, 0.717) is 0 Å². The zero-order valence-corrected chi connectivity index (χ0v) is 18.9. The summed E-state index contributed by atoms with van der Waals surface area (Å²) in [5, 5.41) is 3.98. The average Bonchev–Trinajstić information content (AvgIpc) is 3.26. The van der Waals surface area contributed by atoms with E-state index < -0.39 is 0 Å². The van der Waals surface area contributed by atoms with E-state index in [1.165, 1.54) is 11.3 Å². The topological polar surface area (TPSA) is 38.8 Å². The highest BCUT2D eigenvalue weighted by atomic mass is 35.5. The third kappa shape index (κ3) is 6.22. The minimum absolute atomic E-state index is 0.0152. The molecule has 0 bridgehead atoms. The van der Waals surface area contributed by atoms with Gasteiger partial charge in [-0.05, 0) is 56.1 Å². The molecule has 0 aliphatic carbocycles. The van der Waals surface area contributed by atoms with Crippen molar-refractivity contribution in [3.05, 3.63) is 65.2 Å². The normalized spacial score (nSPS) is 20.2. The van der Waals surface area contributed by atoms with Crippen molar-refractivity contribution < 1.29 is 4.79 Å². The minimum Gasteiger partial charge on any atom is -0.369 e. The van der Waals surface area contributed by atoms with Crippen molar-refractivity contribution in [2.45, 2.75) is 31.8 Å². The summed E-state index contributed by atoms with van der Waals surface area (Å²) in [5.74, 6) is 0.194. The number of benzene rings is 2. The summed E-state index contributed by atoms with van der Waals surface area (Å²) in [4.78, 5) is 19.9. The summed E-state index contributed by atoms with van der Waals surface area (Å²) in [7, 11) is 0. The maximum atomic E-state index is 12.7. The summed E-state index contributed by atoms with van der Waals surface area (Å²) >= 11 is 6.12. The first-order chi connectivity index (χ1) is 15.2. The lowest BCUT2D eigenvalue weighted by atomic mass is 10.1. The van der Waals surface area contributed by atoms with E-state index >= 15 is 0 Å². The fraction of sp³-hybridized carbons (Fsp3) is 0.480. The van der Waals surface area contributed by atoms with E-state index in [9.17, 15) is 4.79 Å². The predicted molar refractivity (Wildman–Crippen MR) is 128 cm³/mol. The van der Waals surface area contributed by atoms with Crippen LogP contribution < -0.4 is 10.2 Å². The van der Waals surface area contributed by atoms with Crippen LogP contribution in [-0.2, 0) is 11.3 Å². The Bertz CT molecular complexity index is 838. The Hall–Kier alpha value is -2.08. The molecule has 1 N–H and O–H groups in total. The molecule has 1 atom stereocenters. The maximum Gasteiger partial charge on any atom is 0.237 e. The lowest BCUT2D eigenvalue weighted by molar-refractivity contribution is -0.125. The van der Waals surface area contributed by atoms with Crippen LogP contribution in [0.4, 0.5) is 5.69 Å². The Morgan fingerprint density at radius 3 is 2.58 bits per heavy atom. The number of rotatable bonds is 8. The first kappa shape index (κ1) is 22.1. The van der Waals surface area contributed by atoms with Gasteiger partial charge in [0.05, 0.1) is 6.04 Å². The van der Waals surface area contributed by atoms with E-state index in [0.717, 1.165) is 76.6 Å². The van der Waals surface area contributed by atoms with Crippen LogP contribution in [0, 0.1) is 0 Å². The van der Waals surface area contributed by atoms with Crippen molar-refractivity contribution >= 4 is 23.2 Å². The number of anilines is 1. The number of halogens is 1. The summed E-state index contributed by atoms with van der Waals surface area (Å²) in [6.07, 6.45) is 3.06. The Labute approximate surface area is 191 Å².